The van der Waals surface area contributed by atoms with Crippen molar-refractivity contribution in [2.45, 2.75) is 6.18 Å². The van der Waals surface area contributed by atoms with Crippen LogP contribution in [0.15, 0.2) is 23.3 Å². The van der Waals surface area contributed by atoms with E-state index in [0.717, 1.165) is 12.3 Å². The first-order valence-corrected chi connectivity index (χ1v) is 10.6. The molecule has 0 aromatic carbocycles. The van der Waals surface area contributed by atoms with Crippen molar-refractivity contribution in [1.29, 1.82) is 0 Å². The second-order valence-electron chi connectivity index (χ2n) is 7.90. The molecule has 2 saturated heterocycles. The molecule has 0 aliphatic carbocycles. The molecule has 0 unspecified atom stereocenters. The van der Waals surface area contributed by atoms with Crippen LogP contribution in [0, 0.1) is 0 Å². The van der Waals surface area contributed by atoms with Gasteiger partial charge in [-0.2, -0.15) is 13.2 Å². The summed E-state index contributed by atoms with van der Waals surface area (Å²) in [7, 11) is 3.45. The van der Waals surface area contributed by atoms with Crippen molar-refractivity contribution in [1.82, 2.24) is 19.9 Å². The molecule has 2 fully saturated rings. The van der Waals surface area contributed by atoms with Crippen molar-refractivity contribution in [3.05, 3.63) is 23.9 Å². The number of aromatic nitrogens is 3. The number of morpholine rings is 2. The van der Waals surface area contributed by atoms with Gasteiger partial charge in [-0.15, -0.1) is 0 Å². The SMILES string of the molecule is CN(C)/C=N/c1cc(C(F)(F)F)c(-c2nc(N3CCOCC3)cc(N3CCOCC3)n2)cn1. The molecule has 12 heteroatoms. The normalized spacial score (nSPS) is 17.6. The third kappa shape index (κ3) is 5.69. The Hall–Kier alpha value is -2.99. The van der Waals surface area contributed by atoms with Gasteiger partial charge < -0.3 is 24.2 Å². The Kier molecular flexibility index (Phi) is 6.94. The van der Waals surface area contributed by atoms with E-state index in [0.29, 0.717) is 64.2 Å². The molecule has 0 bridgehead atoms. The van der Waals surface area contributed by atoms with Gasteiger partial charge in [0.05, 0.1) is 43.9 Å². The first-order valence-electron chi connectivity index (χ1n) is 10.6. The molecule has 0 N–H and O–H groups in total. The Morgan fingerprint density at radius 3 is 1.97 bits per heavy atom. The van der Waals surface area contributed by atoms with Gasteiger partial charge in [0.2, 0.25) is 0 Å². The fraction of sp³-hybridized carbons (Fsp3) is 0.524. The Bertz CT molecular complexity index is 952. The second-order valence-corrected chi connectivity index (χ2v) is 7.90. The van der Waals surface area contributed by atoms with Gasteiger partial charge in [0.25, 0.3) is 0 Å². The number of halogens is 3. The molecule has 0 radical (unpaired) electrons. The highest BCUT2D eigenvalue weighted by Crippen LogP contribution is 2.38. The Balaban J connectivity index is 1.80. The summed E-state index contributed by atoms with van der Waals surface area (Å²) in [5.74, 6) is 1.06. The average Bonchev–Trinajstić information content (AvgIpc) is 2.83. The molecule has 33 heavy (non-hydrogen) atoms. The van der Waals surface area contributed by atoms with Gasteiger partial charge >= 0.3 is 6.18 Å². The number of aliphatic imine (C=N–C) groups is 1. The molecule has 2 aliphatic heterocycles. The van der Waals surface area contributed by atoms with Crippen LogP contribution in [0.4, 0.5) is 30.6 Å². The molecule has 2 aromatic heterocycles. The van der Waals surface area contributed by atoms with Gasteiger partial charge in [0, 0.05) is 52.5 Å². The van der Waals surface area contributed by atoms with E-state index in [2.05, 4.69) is 19.9 Å². The van der Waals surface area contributed by atoms with Crippen LogP contribution in [0.1, 0.15) is 5.56 Å². The van der Waals surface area contributed by atoms with Crippen LogP contribution in [0.25, 0.3) is 11.4 Å². The van der Waals surface area contributed by atoms with Gasteiger partial charge in [-0.1, -0.05) is 0 Å². The Morgan fingerprint density at radius 1 is 0.939 bits per heavy atom. The molecule has 0 amide bonds. The molecule has 4 heterocycles. The zero-order valence-electron chi connectivity index (χ0n) is 18.5. The van der Waals surface area contributed by atoms with Crippen LogP contribution >= 0.6 is 0 Å². The quantitative estimate of drug-likeness (QED) is 0.492. The van der Waals surface area contributed by atoms with Crippen LogP contribution in [0.3, 0.4) is 0 Å². The molecule has 0 saturated carbocycles. The summed E-state index contributed by atoms with van der Waals surface area (Å²) in [6.07, 6.45) is -2.08. The summed E-state index contributed by atoms with van der Waals surface area (Å²) in [6, 6.07) is 2.74. The Labute approximate surface area is 189 Å². The van der Waals surface area contributed by atoms with E-state index in [1.54, 1.807) is 19.0 Å². The van der Waals surface area contributed by atoms with E-state index >= 15 is 0 Å². The third-order valence-electron chi connectivity index (χ3n) is 5.23. The molecular weight excluding hydrogens is 439 g/mol. The molecule has 178 valence electrons. The highest BCUT2D eigenvalue weighted by atomic mass is 19.4. The van der Waals surface area contributed by atoms with Gasteiger partial charge in [-0.05, 0) is 6.07 Å². The molecule has 2 aromatic rings. The topological polar surface area (TPSA) is 79.2 Å². The van der Waals surface area contributed by atoms with Gasteiger partial charge in [-0.3, -0.25) is 0 Å². The molecular formula is C21H26F3N7O2. The second kappa shape index (κ2) is 9.87. The van der Waals surface area contributed by atoms with Crippen molar-refractivity contribution >= 4 is 23.8 Å². The van der Waals surface area contributed by atoms with Crippen LogP contribution in [0.5, 0.6) is 0 Å². The minimum Gasteiger partial charge on any atom is -0.378 e. The largest absolute Gasteiger partial charge is 0.417 e. The summed E-state index contributed by atoms with van der Waals surface area (Å²) in [5, 5.41) is 0. The lowest BCUT2D eigenvalue weighted by molar-refractivity contribution is -0.137. The Morgan fingerprint density at radius 2 is 1.48 bits per heavy atom. The third-order valence-corrected chi connectivity index (χ3v) is 5.23. The summed E-state index contributed by atoms with van der Waals surface area (Å²) >= 11 is 0. The summed E-state index contributed by atoms with van der Waals surface area (Å²) in [4.78, 5) is 22.8. The van der Waals surface area contributed by atoms with E-state index < -0.39 is 11.7 Å². The molecule has 2 aliphatic rings. The van der Waals surface area contributed by atoms with Crippen molar-refractivity contribution < 1.29 is 22.6 Å². The maximum atomic E-state index is 14.0. The zero-order chi connectivity index (χ0) is 23.4. The van der Waals surface area contributed by atoms with Crippen LogP contribution < -0.4 is 9.80 Å². The maximum Gasteiger partial charge on any atom is 0.417 e. The number of pyridine rings is 1. The number of alkyl halides is 3. The minimum atomic E-state index is -4.63. The highest BCUT2D eigenvalue weighted by Gasteiger charge is 2.36. The van der Waals surface area contributed by atoms with Gasteiger partial charge in [0.1, 0.15) is 11.6 Å². The number of hydrogen-bond donors (Lipinski definition) is 0. The standard InChI is InChI=1S/C21H26F3N7O2/c1-29(2)14-26-17-11-16(21(22,23)24)15(13-25-17)20-27-18(30-3-7-32-8-4-30)12-19(28-20)31-5-9-33-10-6-31/h11-14H,3-10H2,1-2H3/b26-14+. The van der Waals surface area contributed by atoms with E-state index in [1.165, 1.54) is 6.34 Å². The van der Waals surface area contributed by atoms with E-state index in [4.69, 9.17) is 9.47 Å². The zero-order valence-corrected chi connectivity index (χ0v) is 18.5. The number of hydrogen-bond acceptors (Lipinski definition) is 8. The molecule has 9 nitrogen and oxygen atoms in total. The van der Waals surface area contributed by atoms with Crippen molar-refractivity contribution in [2.24, 2.45) is 4.99 Å². The van der Waals surface area contributed by atoms with Crippen LogP contribution in [-0.2, 0) is 15.7 Å². The maximum absolute atomic E-state index is 14.0. The van der Waals surface area contributed by atoms with E-state index in [1.807, 2.05) is 15.9 Å². The lowest BCUT2D eigenvalue weighted by Gasteiger charge is -2.31. The lowest BCUT2D eigenvalue weighted by atomic mass is 10.1. The predicted molar refractivity (Wildman–Crippen MR) is 118 cm³/mol. The molecule has 4 rings (SSSR count). The predicted octanol–water partition coefficient (Wildman–Crippen LogP) is 2.45. The fourth-order valence-electron chi connectivity index (χ4n) is 3.55. The van der Waals surface area contributed by atoms with Gasteiger partial charge in [-0.25, -0.2) is 19.9 Å². The first-order chi connectivity index (χ1) is 15.8. The summed E-state index contributed by atoms with van der Waals surface area (Å²) in [5.41, 5.74) is -1.06. The number of ether oxygens (including phenoxy) is 2. The summed E-state index contributed by atoms with van der Waals surface area (Å²) in [6.45, 7) is 4.51. The molecule has 0 spiro atoms. The average molecular weight is 465 g/mol. The monoisotopic (exact) mass is 465 g/mol. The smallest absolute Gasteiger partial charge is 0.378 e. The number of nitrogens with zero attached hydrogens (tertiary/aromatic N) is 7. The van der Waals surface area contributed by atoms with E-state index in [-0.39, 0.29) is 17.2 Å². The van der Waals surface area contributed by atoms with Crippen molar-refractivity contribution in [3.63, 3.8) is 0 Å². The number of anilines is 2. The lowest BCUT2D eigenvalue weighted by Crippen LogP contribution is -2.39. The van der Waals surface area contributed by atoms with E-state index in [9.17, 15) is 13.2 Å². The fourth-order valence-corrected chi connectivity index (χ4v) is 3.55. The minimum absolute atomic E-state index is 0.0246. The van der Waals surface area contributed by atoms with Crippen LogP contribution in [-0.4, -0.2) is 92.9 Å². The molecule has 0 atom stereocenters. The van der Waals surface area contributed by atoms with Crippen molar-refractivity contribution in [2.75, 3.05) is 76.5 Å². The summed E-state index contributed by atoms with van der Waals surface area (Å²) < 4.78 is 52.9. The van der Waals surface area contributed by atoms with Gasteiger partial charge in [0.15, 0.2) is 11.6 Å². The van der Waals surface area contributed by atoms with Crippen LogP contribution in [0.2, 0.25) is 0 Å². The van der Waals surface area contributed by atoms with Crippen molar-refractivity contribution in [3.8, 4) is 11.4 Å². The first kappa shape index (κ1) is 23.2. The highest BCUT2D eigenvalue weighted by molar-refractivity contribution is 5.68. The number of rotatable bonds is 5.